The topological polar surface area (TPSA) is 20.2 Å². The molecule has 0 unspecified atom stereocenters. The van der Waals surface area contributed by atoms with E-state index in [0.29, 0.717) is 0 Å². The summed E-state index contributed by atoms with van der Waals surface area (Å²) < 4.78 is -1.66. The van der Waals surface area contributed by atoms with Crippen LogP contribution in [0.5, 0.6) is 0 Å². The van der Waals surface area contributed by atoms with Crippen molar-refractivity contribution in [2.45, 2.75) is 23.6 Å². The molecule has 0 saturated carbocycles. The van der Waals surface area contributed by atoms with Crippen LogP contribution in [-0.2, 0) is 0 Å². The number of hydrogen-bond donors (Lipinski definition) is 1. The Labute approximate surface area is 75.6 Å². The molecule has 0 aromatic carbocycles. The summed E-state index contributed by atoms with van der Waals surface area (Å²) in [5.74, 6) is -0.195. The lowest BCUT2D eigenvalue weighted by Crippen LogP contribution is -2.05. The monoisotopic (exact) mass is 202 g/mol. The minimum absolute atomic E-state index is 0.195. The molecule has 10 heavy (non-hydrogen) atoms. The van der Waals surface area contributed by atoms with Gasteiger partial charge in [0.2, 0.25) is 3.79 Å². The SMILES string of the molecule is CCC/C=C(/O)C(Cl)(Cl)Cl. The zero-order valence-corrected chi connectivity index (χ0v) is 7.84. The third-order valence-corrected chi connectivity index (χ3v) is 1.50. The molecule has 0 rings (SSSR count). The molecule has 0 saturated heterocycles. The average Bonchev–Trinajstić information content (AvgIpc) is 1.80. The Balaban J connectivity index is 3.93. The zero-order chi connectivity index (χ0) is 8.20. The lowest BCUT2D eigenvalue weighted by atomic mass is 10.3. The van der Waals surface area contributed by atoms with Crippen LogP contribution >= 0.6 is 34.8 Å². The van der Waals surface area contributed by atoms with Gasteiger partial charge in [0.15, 0.2) is 0 Å². The predicted octanol–water partition coefficient (Wildman–Crippen LogP) is 3.60. The molecular formula is C6H9Cl3O. The number of allylic oxidation sites excluding steroid dienone is 2. The van der Waals surface area contributed by atoms with Crippen LogP contribution in [0.2, 0.25) is 0 Å². The second kappa shape index (κ2) is 4.32. The third-order valence-electron chi connectivity index (χ3n) is 0.917. The average molecular weight is 203 g/mol. The molecule has 0 bridgehead atoms. The Morgan fingerprint density at radius 1 is 1.50 bits per heavy atom. The first-order valence-electron chi connectivity index (χ1n) is 2.94. The molecule has 60 valence electrons. The molecule has 0 heterocycles. The summed E-state index contributed by atoms with van der Waals surface area (Å²) in [5.41, 5.74) is 0. The minimum Gasteiger partial charge on any atom is -0.508 e. The molecule has 0 atom stereocenters. The third kappa shape index (κ3) is 4.26. The molecule has 0 radical (unpaired) electrons. The predicted molar refractivity (Wildman–Crippen MR) is 45.9 cm³/mol. The van der Waals surface area contributed by atoms with Gasteiger partial charge in [-0.2, -0.15) is 0 Å². The first kappa shape index (κ1) is 10.4. The van der Waals surface area contributed by atoms with Crippen molar-refractivity contribution < 1.29 is 5.11 Å². The van der Waals surface area contributed by atoms with Crippen molar-refractivity contribution in [2.75, 3.05) is 0 Å². The minimum atomic E-state index is -1.66. The van der Waals surface area contributed by atoms with E-state index in [1.165, 1.54) is 6.08 Å². The number of rotatable bonds is 2. The first-order chi connectivity index (χ1) is 4.48. The van der Waals surface area contributed by atoms with Gasteiger partial charge in [-0.25, -0.2) is 0 Å². The van der Waals surface area contributed by atoms with E-state index in [9.17, 15) is 0 Å². The quantitative estimate of drug-likeness (QED) is 0.537. The van der Waals surface area contributed by atoms with Crippen LogP contribution < -0.4 is 0 Å². The standard InChI is InChI=1S/C6H9Cl3O/c1-2-3-4-5(10)6(7,8)9/h4,10H,2-3H2,1H3/b5-4+. The summed E-state index contributed by atoms with van der Waals surface area (Å²) in [7, 11) is 0. The second-order valence-corrected chi connectivity index (χ2v) is 4.16. The van der Waals surface area contributed by atoms with E-state index >= 15 is 0 Å². The van der Waals surface area contributed by atoms with Crippen molar-refractivity contribution >= 4 is 34.8 Å². The number of halogens is 3. The van der Waals surface area contributed by atoms with Crippen molar-refractivity contribution in [3.63, 3.8) is 0 Å². The van der Waals surface area contributed by atoms with E-state index in [0.717, 1.165) is 12.8 Å². The largest absolute Gasteiger partial charge is 0.508 e. The van der Waals surface area contributed by atoms with Gasteiger partial charge in [-0.15, -0.1) is 0 Å². The highest BCUT2D eigenvalue weighted by Crippen LogP contribution is 2.32. The van der Waals surface area contributed by atoms with Gasteiger partial charge in [0.25, 0.3) is 0 Å². The van der Waals surface area contributed by atoms with Crippen LogP contribution in [0.25, 0.3) is 0 Å². The number of hydrogen-bond acceptors (Lipinski definition) is 1. The van der Waals surface area contributed by atoms with Crippen molar-refractivity contribution in [1.29, 1.82) is 0 Å². The van der Waals surface area contributed by atoms with E-state index in [1.807, 2.05) is 6.92 Å². The Bertz CT molecular complexity index is 125. The summed E-state index contributed by atoms with van der Waals surface area (Å²) in [5, 5.41) is 8.98. The Morgan fingerprint density at radius 2 is 2.00 bits per heavy atom. The lowest BCUT2D eigenvalue weighted by Gasteiger charge is -2.08. The van der Waals surface area contributed by atoms with Gasteiger partial charge in [0.1, 0.15) is 5.76 Å². The summed E-state index contributed by atoms with van der Waals surface area (Å²) in [6, 6.07) is 0. The fourth-order valence-electron chi connectivity index (χ4n) is 0.397. The van der Waals surface area contributed by atoms with Crippen molar-refractivity contribution in [3.8, 4) is 0 Å². The summed E-state index contributed by atoms with van der Waals surface area (Å²) >= 11 is 16.0. The van der Waals surface area contributed by atoms with Crippen molar-refractivity contribution in [3.05, 3.63) is 11.8 Å². The molecular weight excluding hydrogens is 194 g/mol. The van der Waals surface area contributed by atoms with Gasteiger partial charge in [-0.05, 0) is 12.5 Å². The molecule has 0 aromatic rings. The van der Waals surface area contributed by atoms with Crippen LogP contribution in [0.15, 0.2) is 11.8 Å². The number of alkyl halides is 3. The Hall–Kier alpha value is 0.410. The number of unbranched alkanes of at least 4 members (excludes halogenated alkanes) is 1. The normalized spacial score (nSPS) is 13.8. The Morgan fingerprint density at radius 3 is 2.30 bits per heavy atom. The van der Waals surface area contributed by atoms with Gasteiger partial charge in [-0.1, -0.05) is 48.1 Å². The van der Waals surface area contributed by atoms with Gasteiger partial charge in [0.05, 0.1) is 0 Å². The summed E-state index contributed by atoms with van der Waals surface area (Å²) in [6.07, 6.45) is 3.15. The van der Waals surface area contributed by atoms with Gasteiger partial charge in [-0.3, -0.25) is 0 Å². The van der Waals surface area contributed by atoms with E-state index < -0.39 is 3.79 Å². The first-order valence-corrected chi connectivity index (χ1v) is 4.08. The highest BCUT2D eigenvalue weighted by Gasteiger charge is 2.24. The zero-order valence-electron chi connectivity index (χ0n) is 5.57. The second-order valence-electron chi connectivity index (χ2n) is 1.88. The highest BCUT2D eigenvalue weighted by atomic mass is 35.6. The van der Waals surface area contributed by atoms with Crippen molar-refractivity contribution in [2.24, 2.45) is 0 Å². The Kier molecular flexibility index (Phi) is 4.50. The molecule has 0 amide bonds. The van der Waals surface area contributed by atoms with E-state index in [2.05, 4.69) is 0 Å². The van der Waals surface area contributed by atoms with Gasteiger partial charge >= 0.3 is 0 Å². The molecule has 0 fully saturated rings. The molecule has 1 N–H and O–H groups in total. The van der Waals surface area contributed by atoms with E-state index in [-0.39, 0.29) is 5.76 Å². The van der Waals surface area contributed by atoms with Crippen LogP contribution in [0.4, 0.5) is 0 Å². The number of aliphatic hydroxyl groups excluding tert-OH is 1. The van der Waals surface area contributed by atoms with Crippen LogP contribution in [0.3, 0.4) is 0 Å². The lowest BCUT2D eigenvalue weighted by molar-refractivity contribution is 0.399. The maximum Gasteiger partial charge on any atom is 0.246 e. The van der Waals surface area contributed by atoms with Crippen LogP contribution in [-0.4, -0.2) is 8.90 Å². The summed E-state index contributed by atoms with van der Waals surface area (Å²) in [6.45, 7) is 1.97. The molecule has 0 aliphatic rings. The number of aliphatic hydroxyl groups is 1. The highest BCUT2D eigenvalue weighted by molar-refractivity contribution is 6.69. The van der Waals surface area contributed by atoms with Crippen molar-refractivity contribution in [1.82, 2.24) is 0 Å². The molecule has 4 heteroatoms. The molecule has 1 nitrogen and oxygen atoms in total. The van der Waals surface area contributed by atoms with Crippen LogP contribution in [0.1, 0.15) is 19.8 Å². The van der Waals surface area contributed by atoms with Gasteiger partial charge in [0, 0.05) is 0 Å². The molecule has 0 aliphatic carbocycles. The smallest absolute Gasteiger partial charge is 0.246 e. The fourth-order valence-corrected chi connectivity index (χ4v) is 0.628. The van der Waals surface area contributed by atoms with Crippen LogP contribution in [0, 0.1) is 0 Å². The van der Waals surface area contributed by atoms with Gasteiger partial charge < -0.3 is 5.11 Å². The maximum absolute atomic E-state index is 8.98. The molecule has 0 spiro atoms. The fraction of sp³-hybridized carbons (Fsp3) is 0.667. The molecule has 0 aliphatic heterocycles. The van der Waals surface area contributed by atoms with E-state index in [4.69, 9.17) is 39.9 Å². The van der Waals surface area contributed by atoms with E-state index in [1.54, 1.807) is 0 Å². The maximum atomic E-state index is 8.98. The molecule has 0 aromatic heterocycles. The summed E-state index contributed by atoms with van der Waals surface area (Å²) in [4.78, 5) is 0.